The number of halogens is 3. The Morgan fingerprint density at radius 2 is 1.73 bits per heavy atom. The molecule has 48 heavy (non-hydrogen) atoms. The minimum atomic E-state index is -3.64. The average molecular weight is 722 g/mol. The number of hydrogen-bond acceptors (Lipinski definition) is 6. The van der Waals surface area contributed by atoms with E-state index >= 15 is 4.39 Å². The smallest absolute Gasteiger partial charge is 0.238 e. The van der Waals surface area contributed by atoms with Crippen molar-refractivity contribution in [1.29, 1.82) is 0 Å². The van der Waals surface area contributed by atoms with Crippen molar-refractivity contribution in [3.63, 3.8) is 0 Å². The van der Waals surface area contributed by atoms with Gasteiger partial charge >= 0.3 is 0 Å². The summed E-state index contributed by atoms with van der Waals surface area (Å²) in [5, 5.41) is 3.81. The summed E-state index contributed by atoms with van der Waals surface area (Å²) in [6.07, 6.45) is 1.06. The highest BCUT2D eigenvalue weighted by Crippen LogP contribution is 2.32. The fourth-order valence-electron chi connectivity index (χ4n) is 6.17. The van der Waals surface area contributed by atoms with Crippen molar-refractivity contribution in [2.75, 3.05) is 33.5 Å². The highest BCUT2D eigenvalue weighted by atomic mass is 35.5. The number of rotatable bonds is 14. The Morgan fingerprint density at radius 1 is 1.04 bits per heavy atom. The monoisotopic (exact) mass is 720 g/mol. The molecule has 0 saturated carbocycles. The predicted octanol–water partition coefficient (Wildman–Crippen LogP) is 6.73. The average Bonchev–Trinajstić information content (AvgIpc) is 3.30. The summed E-state index contributed by atoms with van der Waals surface area (Å²) in [6.45, 7) is 8.34. The van der Waals surface area contributed by atoms with Gasteiger partial charge in [0.2, 0.25) is 15.9 Å². The number of benzene rings is 3. The first-order valence-corrected chi connectivity index (χ1v) is 18.4. The van der Waals surface area contributed by atoms with Crippen LogP contribution in [-0.2, 0) is 41.0 Å². The van der Waals surface area contributed by atoms with Crippen molar-refractivity contribution in [2.45, 2.75) is 71.9 Å². The second-order valence-corrected chi connectivity index (χ2v) is 16.8. The lowest BCUT2D eigenvalue weighted by atomic mass is 9.87. The third-order valence-electron chi connectivity index (χ3n) is 8.42. The fourth-order valence-corrected chi connectivity index (χ4v) is 8.19. The number of hydrogen-bond donors (Lipinski definition) is 1. The van der Waals surface area contributed by atoms with Gasteiger partial charge in [0, 0.05) is 54.4 Å². The Morgan fingerprint density at radius 3 is 2.38 bits per heavy atom. The van der Waals surface area contributed by atoms with E-state index < -0.39 is 21.9 Å². The zero-order valence-electron chi connectivity index (χ0n) is 28.6. The van der Waals surface area contributed by atoms with Crippen LogP contribution in [0.1, 0.15) is 55.9 Å². The Balaban J connectivity index is 1.59. The van der Waals surface area contributed by atoms with Crippen molar-refractivity contribution < 1.29 is 22.3 Å². The number of ether oxygens (including phenoxy) is 1. The van der Waals surface area contributed by atoms with E-state index in [0.29, 0.717) is 22.2 Å². The van der Waals surface area contributed by atoms with E-state index in [0.717, 1.165) is 29.7 Å². The molecule has 262 valence electrons. The Bertz CT molecular complexity index is 1670. The lowest BCUT2D eigenvalue weighted by molar-refractivity contribution is -0.124. The summed E-state index contributed by atoms with van der Waals surface area (Å²) < 4.78 is 48.5. The molecule has 0 spiro atoms. The second-order valence-electron chi connectivity index (χ2n) is 14.0. The van der Waals surface area contributed by atoms with E-state index in [2.05, 4.69) is 35.9 Å². The molecule has 0 aromatic heterocycles. The van der Waals surface area contributed by atoms with Gasteiger partial charge in [0.15, 0.2) is 11.6 Å². The fraction of sp³-hybridized carbons (Fsp3) is 0.472. The van der Waals surface area contributed by atoms with Crippen LogP contribution in [0.2, 0.25) is 10.0 Å². The van der Waals surface area contributed by atoms with Crippen LogP contribution in [0.4, 0.5) is 4.39 Å². The number of carbonyl (C=O) groups is 1. The zero-order chi connectivity index (χ0) is 35.2. The van der Waals surface area contributed by atoms with Crippen molar-refractivity contribution in [3.05, 3.63) is 98.8 Å². The third-order valence-corrected chi connectivity index (χ3v) is 10.9. The molecule has 0 aliphatic carbocycles. The molecule has 8 nitrogen and oxygen atoms in total. The standard InChI is InChI=1S/C36H47Cl2FN4O4S/c1-36(2,3)19-29(23-41(4)5)42(24-30-31(38)14-15-33(47-6)34(30)39)21-26-8-7-9-27(18-26)22-43-32(16-17-48(43,45)46)35(44)40-20-25-10-12-28(37)13-11-25/h7-15,18,29,32H,16-17,19-24H2,1-6H3,(H,40,44). The van der Waals surface area contributed by atoms with Gasteiger partial charge < -0.3 is 15.0 Å². The molecule has 1 N–H and O–H groups in total. The van der Waals surface area contributed by atoms with Crippen molar-refractivity contribution in [1.82, 2.24) is 19.4 Å². The number of likely N-dealkylation sites (N-methyl/N-ethyl adjacent to an activating group) is 1. The predicted molar refractivity (Wildman–Crippen MR) is 191 cm³/mol. The van der Waals surface area contributed by atoms with Gasteiger partial charge in [0.25, 0.3) is 0 Å². The molecule has 3 aromatic carbocycles. The van der Waals surface area contributed by atoms with Gasteiger partial charge in [-0.1, -0.05) is 80.4 Å². The van der Waals surface area contributed by atoms with Crippen molar-refractivity contribution in [3.8, 4) is 5.75 Å². The summed E-state index contributed by atoms with van der Waals surface area (Å²) in [7, 11) is 1.84. The molecule has 0 radical (unpaired) electrons. The molecule has 1 saturated heterocycles. The number of methoxy groups -OCH3 is 1. The van der Waals surface area contributed by atoms with Crippen LogP contribution in [0.15, 0.2) is 60.7 Å². The molecule has 1 heterocycles. The molecule has 4 rings (SSSR count). The summed E-state index contributed by atoms with van der Waals surface area (Å²) in [5.74, 6) is -0.775. The van der Waals surface area contributed by atoms with Crippen LogP contribution in [0.25, 0.3) is 0 Å². The molecule has 1 amide bonds. The Kier molecular flexibility index (Phi) is 12.9. The third kappa shape index (κ3) is 10.4. The molecule has 1 fully saturated rings. The lowest BCUT2D eigenvalue weighted by Gasteiger charge is -2.38. The summed E-state index contributed by atoms with van der Waals surface area (Å²) in [5.41, 5.74) is 2.92. The summed E-state index contributed by atoms with van der Waals surface area (Å²) >= 11 is 12.5. The zero-order valence-corrected chi connectivity index (χ0v) is 30.9. The highest BCUT2D eigenvalue weighted by Gasteiger charge is 2.41. The molecule has 12 heteroatoms. The molecular weight excluding hydrogens is 674 g/mol. The molecule has 2 unspecified atom stereocenters. The summed E-state index contributed by atoms with van der Waals surface area (Å²) in [6, 6.07) is 17.3. The maximum atomic E-state index is 15.6. The van der Waals surface area contributed by atoms with E-state index in [1.54, 1.807) is 18.2 Å². The first-order valence-electron chi connectivity index (χ1n) is 16.1. The van der Waals surface area contributed by atoms with E-state index in [1.165, 1.54) is 17.5 Å². The second kappa shape index (κ2) is 16.3. The number of carbonyl (C=O) groups excluding carboxylic acids is 1. The maximum absolute atomic E-state index is 15.6. The topological polar surface area (TPSA) is 82.2 Å². The quantitative estimate of drug-likeness (QED) is 0.199. The SMILES string of the molecule is COc1ccc(Cl)c(CN(Cc2cccc(CN3C(C(=O)NCc4ccc(Cl)cc4)CCS3(=O)=O)c2)C(CN(C)C)CC(C)(C)C)c1F. The van der Waals surface area contributed by atoms with Crippen LogP contribution in [0.5, 0.6) is 5.75 Å². The van der Waals surface area contributed by atoms with Crippen LogP contribution in [0, 0.1) is 11.2 Å². The van der Waals surface area contributed by atoms with Gasteiger partial charge in [-0.05, 0) is 73.3 Å². The first kappa shape index (κ1) is 38.1. The van der Waals surface area contributed by atoms with Crippen molar-refractivity contribution in [2.24, 2.45) is 5.41 Å². The largest absolute Gasteiger partial charge is 0.494 e. The highest BCUT2D eigenvalue weighted by molar-refractivity contribution is 7.89. The van der Waals surface area contributed by atoms with Crippen LogP contribution in [-0.4, -0.2) is 74.0 Å². The first-order chi connectivity index (χ1) is 22.6. The van der Waals surface area contributed by atoms with E-state index in [1.807, 2.05) is 50.5 Å². The van der Waals surface area contributed by atoms with Gasteiger partial charge in [-0.3, -0.25) is 9.69 Å². The van der Waals surface area contributed by atoms with Gasteiger partial charge in [-0.15, -0.1) is 0 Å². The van der Waals surface area contributed by atoms with E-state index in [-0.39, 0.29) is 54.9 Å². The van der Waals surface area contributed by atoms with Gasteiger partial charge in [-0.25, -0.2) is 12.8 Å². The van der Waals surface area contributed by atoms with Gasteiger partial charge in [-0.2, -0.15) is 4.31 Å². The number of sulfonamides is 1. The van der Waals surface area contributed by atoms with Crippen LogP contribution in [0.3, 0.4) is 0 Å². The Hall–Kier alpha value is -2.73. The van der Waals surface area contributed by atoms with Crippen LogP contribution >= 0.6 is 23.2 Å². The maximum Gasteiger partial charge on any atom is 0.238 e. The lowest BCUT2D eigenvalue weighted by Crippen LogP contribution is -2.44. The molecule has 3 aromatic rings. The molecule has 1 aliphatic rings. The Labute approximate surface area is 295 Å². The van der Waals surface area contributed by atoms with E-state index in [4.69, 9.17) is 27.9 Å². The van der Waals surface area contributed by atoms with Gasteiger partial charge in [0.1, 0.15) is 6.04 Å². The van der Waals surface area contributed by atoms with E-state index in [9.17, 15) is 13.2 Å². The number of nitrogens with one attached hydrogen (secondary N) is 1. The molecule has 0 bridgehead atoms. The van der Waals surface area contributed by atoms with Crippen LogP contribution < -0.4 is 10.1 Å². The number of nitrogens with zero attached hydrogens (tertiary/aromatic N) is 3. The molecule has 2 atom stereocenters. The minimum Gasteiger partial charge on any atom is -0.494 e. The van der Waals surface area contributed by atoms with Crippen molar-refractivity contribution >= 4 is 39.1 Å². The molecule has 1 aliphatic heterocycles. The van der Waals surface area contributed by atoms with Gasteiger partial charge in [0.05, 0.1) is 12.9 Å². The number of amides is 1. The molecular formula is C36H47Cl2FN4O4S. The minimum absolute atomic E-state index is 0.00918. The summed E-state index contributed by atoms with van der Waals surface area (Å²) in [4.78, 5) is 17.6. The normalized spacial score (nSPS) is 17.2.